The molecule has 0 radical (unpaired) electrons. The maximum Gasteiger partial charge on any atom is 0.223 e. The normalized spacial score (nSPS) is 34.8. The van der Waals surface area contributed by atoms with Gasteiger partial charge in [0.25, 0.3) is 0 Å². The molecular weight excluding hydrogens is 366 g/mol. The largest absolute Gasteiger partial charge is 0.448 e. The van der Waals surface area contributed by atoms with Crippen molar-refractivity contribution < 1.29 is 19.3 Å². The molecule has 1 aromatic rings. The minimum atomic E-state index is -0.0880. The van der Waals surface area contributed by atoms with Crippen molar-refractivity contribution in [2.24, 2.45) is 11.8 Å². The van der Waals surface area contributed by atoms with Gasteiger partial charge in [-0.15, -0.1) is 0 Å². The van der Waals surface area contributed by atoms with Crippen LogP contribution in [-0.2, 0) is 9.53 Å². The van der Waals surface area contributed by atoms with Gasteiger partial charge in [0.1, 0.15) is 6.26 Å². The van der Waals surface area contributed by atoms with Crippen molar-refractivity contribution in [2.45, 2.75) is 56.6 Å². The number of fused-ring (bicyclic) bond motifs is 1. The number of hydrogen-bond donors (Lipinski definition) is 1. The highest BCUT2D eigenvalue weighted by atomic mass is 16.5. The monoisotopic (exact) mass is 398 g/mol. The molecule has 2 aliphatic carbocycles. The van der Waals surface area contributed by atoms with Gasteiger partial charge in [0.15, 0.2) is 0 Å². The molecule has 5 rings (SSSR count). The first kappa shape index (κ1) is 19.1. The van der Waals surface area contributed by atoms with Gasteiger partial charge in [-0.3, -0.25) is 4.79 Å². The number of hydrogen-bond acceptors (Lipinski definition) is 4. The third kappa shape index (κ3) is 3.08. The summed E-state index contributed by atoms with van der Waals surface area (Å²) in [4.78, 5) is 20.3. The summed E-state index contributed by atoms with van der Waals surface area (Å²) in [5.41, 5.74) is 2.03. The number of carbonyl (C=O) groups excluding carboxylic acids is 1. The standard InChI is InChI=1S/C23H31N3O3/c1-15-13-29-22(25-15)19-11-24-14-23(17-6-4-7-17)20(19)10-21(27)26(23)12-16-5-3-8-18(9-16)28-2/h3,5,9,13,17-20,24H,4,6-8,10-12,14H2,1-2H3/p+1. The Morgan fingerprint density at radius 2 is 2.28 bits per heavy atom. The first-order valence-corrected chi connectivity index (χ1v) is 11.1. The Hall–Kier alpha value is -1.92. The van der Waals surface area contributed by atoms with Crippen molar-refractivity contribution >= 4 is 5.91 Å². The second kappa shape index (κ2) is 7.40. The van der Waals surface area contributed by atoms with E-state index in [0.717, 1.165) is 31.1 Å². The van der Waals surface area contributed by atoms with E-state index >= 15 is 0 Å². The molecule has 29 heavy (non-hydrogen) atoms. The highest BCUT2D eigenvalue weighted by Crippen LogP contribution is 2.53. The smallest absolute Gasteiger partial charge is 0.223 e. The van der Waals surface area contributed by atoms with Crippen LogP contribution in [0.2, 0.25) is 0 Å². The Labute approximate surface area is 172 Å². The summed E-state index contributed by atoms with van der Waals surface area (Å²) in [5, 5.41) is 2.40. The summed E-state index contributed by atoms with van der Waals surface area (Å²) in [6, 6.07) is 0. The number of aryl methyl sites for hydroxylation is 1. The zero-order valence-corrected chi connectivity index (χ0v) is 17.5. The van der Waals surface area contributed by atoms with E-state index in [-0.39, 0.29) is 23.5 Å². The third-order valence-electron chi connectivity index (χ3n) is 7.73. The van der Waals surface area contributed by atoms with E-state index in [0.29, 0.717) is 24.8 Å². The van der Waals surface area contributed by atoms with Gasteiger partial charge in [0.05, 0.1) is 36.3 Å². The summed E-state index contributed by atoms with van der Waals surface area (Å²) >= 11 is 0. The second-order valence-electron chi connectivity index (χ2n) is 9.23. The first-order valence-electron chi connectivity index (χ1n) is 11.1. The molecule has 6 nitrogen and oxygen atoms in total. The van der Waals surface area contributed by atoms with Crippen molar-refractivity contribution in [2.75, 3.05) is 26.7 Å². The maximum absolute atomic E-state index is 13.4. The van der Waals surface area contributed by atoms with Crippen molar-refractivity contribution in [3.05, 3.63) is 41.6 Å². The van der Waals surface area contributed by atoms with Gasteiger partial charge in [-0.1, -0.05) is 24.6 Å². The van der Waals surface area contributed by atoms with E-state index in [2.05, 4.69) is 33.4 Å². The molecule has 2 saturated heterocycles. The van der Waals surface area contributed by atoms with Crippen molar-refractivity contribution in [1.82, 2.24) is 9.88 Å². The molecule has 1 saturated carbocycles. The van der Waals surface area contributed by atoms with Crippen LogP contribution >= 0.6 is 0 Å². The van der Waals surface area contributed by atoms with E-state index in [1.54, 1.807) is 13.4 Å². The van der Waals surface area contributed by atoms with Gasteiger partial charge in [0, 0.05) is 26.0 Å². The van der Waals surface area contributed by atoms with Crippen LogP contribution in [0.5, 0.6) is 0 Å². The SMILES string of the molecule is COC1C=C(CN2C(=O)CC3C(c4nc(C)co4)C[NH2+]CC32C2CCC2)C=CC1. The van der Waals surface area contributed by atoms with Gasteiger partial charge in [0.2, 0.25) is 11.8 Å². The number of oxazole rings is 1. The highest BCUT2D eigenvalue weighted by molar-refractivity contribution is 5.81. The fourth-order valence-corrected chi connectivity index (χ4v) is 6.13. The minimum Gasteiger partial charge on any atom is -0.448 e. The third-order valence-corrected chi connectivity index (χ3v) is 7.73. The summed E-state index contributed by atoms with van der Waals surface area (Å²) in [5.74, 6) is 2.18. The van der Waals surface area contributed by atoms with Crippen LogP contribution < -0.4 is 5.32 Å². The molecule has 2 aliphatic heterocycles. The predicted octanol–water partition coefficient (Wildman–Crippen LogP) is 1.93. The molecule has 1 aromatic heterocycles. The summed E-state index contributed by atoms with van der Waals surface area (Å²) < 4.78 is 11.4. The summed E-state index contributed by atoms with van der Waals surface area (Å²) in [7, 11) is 1.75. The number of nitrogens with two attached hydrogens (primary N) is 1. The lowest BCUT2D eigenvalue weighted by atomic mass is 9.60. The maximum atomic E-state index is 13.4. The predicted molar refractivity (Wildman–Crippen MR) is 108 cm³/mol. The molecule has 6 heteroatoms. The molecule has 0 bridgehead atoms. The zero-order valence-electron chi connectivity index (χ0n) is 17.5. The van der Waals surface area contributed by atoms with Crippen molar-refractivity contribution in [1.29, 1.82) is 0 Å². The van der Waals surface area contributed by atoms with Crippen LogP contribution in [0, 0.1) is 18.8 Å². The second-order valence-corrected chi connectivity index (χ2v) is 9.23. The summed E-state index contributed by atoms with van der Waals surface area (Å²) in [6.07, 6.45) is 13.6. The Balaban J connectivity index is 1.49. The van der Waals surface area contributed by atoms with Crippen LogP contribution in [0.4, 0.5) is 0 Å². The molecular formula is C23H32N3O3+. The Morgan fingerprint density at radius 1 is 1.41 bits per heavy atom. The fourth-order valence-electron chi connectivity index (χ4n) is 6.13. The average Bonchev–Trinajstić information content (AvgIpc) is 3.23. The van der Waals surface area contributed by atoms with Gasteiger partial charge < -0.3 is 19.4 Å². The van der Waals surface area contributed by atoms with Gasteiger partial charge in [-0.25, -0.2) is 4.98 Å². The Kier molecular flexibility index (Phi) is 4.87. The number of amides is 1. The Morgan fingerprint density at radius 3 is 2.97 bits per heavy atom. The first-order chi connectivity index (χ1) is 14.1. The number of piperidine rings is 1. The Bertz CT molecular complexity index is 840. The van der Waals surface area contributed by atoms with Crippen LogP contribution in [0.25, 0.3) is 0 Å². The summed E-state index contributed by atoms with van der Waals surface area (Å²) in [6.45, 7) is 4.61. The van der Waals surface area contributed by atoms with E-state index in [9.17, 15) is 4.79 Å². The number of aromatic nitrogens is 1. The van der Waals surface area contributed by atoms with Gasteiger partial charge in [-0.2, -0.15) is 0 Å². The molecule has 4 aliphatic rings. The number of nitrogens with zero attached hydrogens (tertiary/aromatic N) is 2. The van der Waals surface area contributed by atoms with Gasteiger partial charge in [-0.05, 0) is 37.7 Å². The molecule has 0 spiro atoms. The zero-order chi connectivity index (χ0) is 20.0. The number of likely N-dealkylation sites (tertiary alicyclic amines) is 1. The highest BCUT2D eigenvalue weighted by Gasteiger charge is 2.64. The van der Waals surface area contributed by atoms with E-state index in [1.165, 1.54) is 24.8 Å². The number of rotatable bonds is 5. The lowest BCUT2D eigenvalue weighted by Crippen LogP contribution is -2.95. The molecule has 4 atom stereocenters. The van der Waals surface area contributed by atoms with Crippen molar-refractivity contribution in [3.8, 4) is 0 Å². The van der Waals surface area contributed by atoms with Crippen molar-refractivity contribution in [3.63, 3.8) is 0 Å². The van der Waals surface area contributed by atoms with Crippen LogP contribution in [0.3, 0.4) is 0 Å². The van der Waals surface area contributed by atoms with Crippen LogP contribution in [0.15, 0.2) is 34.5 Å². The quantitative estimate of drug-likeness (QED) is 0.823. The van der Waals surface area contributed by atoms with E-state index < -0.39 is 0 Å². The fraction of sp³-hybridized carbons (Fsp3) is 0.652. The number of ether oxygens (including phenoxy) is 1. The lowest BCUT2D eigenvalue weighted by molar-refractivity contribution is -0.681. The molecule has 0 aromatic carbocycles. The topological polar surface area (TPSA) is 72.2 Å². The van der Waals surface area contributed by atoms with Crippen LogP contribution in [-0.4, -0.2) is 54.2 Å². The molecule has 1 amide bonds. The van der Waals surface area contributed by atoms with Gasteiger partial charge >= 0.3 is 0 Å². The molecule has 2 N–H and O–H groups in total. The van der Waals surface area contributed by atoms with E-state index in [1.807, 2.05) is 6.92 Å². The van der Waals surface area contributed by atoms with E-state index in [4.69, 9.17) is 9.15 Å². The number of carbonyl (C=O) groups is 1. The minimum absolute atomic E-state index is 0.0880. The number of methoxy groups -OCH3 is 1. The molecule has 3 heterocycles. The average molecular weight is 399 g/mol. The lowest BCUT2D eigenvalue weighted by Gasteiger charge is -2.53. The molecule has 156 valence electrons. The molecule has 4 unspecified atom stereocenters. The number of quaternary nitrogens is 1. The van der Waals surface area contributed by atoms with Crippen LogP contribution in [0.1, 0.15) is 49.6 Å². The molecule has 3 fully saturated rings.